The van der Waals surface area contributed by atoms with Crippen LogP contribution in [0.5, 0.6) is 11.5 Å². The summed E-state index contributed by atoms with van der Waals surface area (Å²) in [5.74, 6) is 2.22. The zero-order chi connectivity index (χ0) is 20.6. The molecule has 1 aromatic carbocycles. The summed E-state index contributed by atoms with van der Waals surface area (Å²) in [6, 6.07) is 14.7. The molecular weight excluding hydrogens is 378 g/mol. The van der Waals surface area contributed by atoms with Crippen LogP contribution in [0.15, 0.2) is 77.7 Å². The molecule has 1 fully saturated rings. The molecule has 1 amide bonds. The topological polar surface area (TPSA) is 67.6 Å². The van der Waals surface area contributed by atoms with Gasteiger partial charge in [0.1, 0.15) is 17.3 Å². The predicted octanol–water partition coefficient (Wildman–Crippen LogP) is 4.97. The highest BCUT2D eigenvalue weighted by Crippen LogP contribution is 2.23. The largest absolute Gasteiger partial charge is 0.465 e. The number of furan rings is 1. The van der Waals surface area contributed by atoms with Gasteiger partial charge in [0.15, 0.2) is 0 Å². The van der Waals surface area contributed by atoms with Gasteiger partial charge in [0.05, 0.1) is 18.5 Å². The van der Waals surface area contributed by atoms with Crippen molar-refractivity contribution in [2.24, 2.45) is 0 Å². The molecule has 6 heteroatoms. The van der Waals surface area contributed by atoms with E-state index in [1.165, 1.54) is 0 Å². The van der Waals surface area contributed by atoms with Gasteiger partial charge in [-0.05, 0) is 74.0 Å². The van der Waals surface area contributed by atoms with Crippen LogP contribution in [0.2, 0.25) is 0 Å². The molecule has 0 radical (unpaired) electrons. The van der Waals surface area contributed by atoms with Gasteiger partial charge in [-0.15, -0.1) is 0 Å². The summed E-state index contributed by atoms with van der Waals surface area (Å²) in [4.78, 5) is 19.2. The Labute approximate surface area is 176 Å². The van der Waals surface area contributed by atoms with Crippen molar-refractivity contribution in [1.82, 2.24) is 9.88 Å². The number of ether oxygens (including phenoxy) is 1. The van der Waals surface area contributed by atoms with Crippen LogP contribution >= 0.6 is 0 Å². The molecule has 3 aromatic rings. The summed E-state index contributed by atoms with van der Waals surface area (Å²) in [5, 5.41) is 3.05. The first kappa shape index (κ1) is 19.9. The van der Waals surface area contributed by atoms with Crippen LogP contribution in [-0.2, 0) is 4.79 Å². The highest BCUT2D eigenvalue weighted by atomic mass is 16.5. The number of aromatic nitrogens is 1. The van der Waals surface area contributed by atoms with Crippen molar-refractivity contribution < 1.29 is 13.9 Å². The van der Waals surface area contributed by atoms with E-state index in [-0.39, 0.29) is 11.9 Å². The third-order valence-electron chi connectivity index (χ3n) is 5.07. The van der Waals surface area contributed by atoms with E-state index in [1.54, 1.807) is 18.7 Å². The zero-order valence-corrected chi connectivity index (χ0v) is 16.7. The number of likely N-dealkylation sites (tertiary alicyclic amines) is 1. The lowest BCUT2D eigenvalue weighted by Crippen LogP contribution is -2.47. The number of rotatable bonds is 7. The van der Waals surface area contributed by atoms with E-state index < -0.39 is 0 Å². The van der Waals surface area contributed by atoms with Crippen LogP contribution in [0.25, 0.3) is 6.08 Å². The van der Waals surface area contributed by atoms with Gasteiger partial charge in [-0.1, -0.05) is 12.5 Å². The fraction of sp³-hybridized carbons (Fsp3) is 0.250. The summed E-state index contributed by atoms with van der Waals surface area (Å²) in [6.07, 6.45) is 12.1. The standard InChI is InChI=1S/C24H25N3O3/c28-24(23-9-1-2-15-27(23)16-4-7-20-8-5-17-29-20)26-19-10-12-21(13-11-19)30-22-6-3-14-25-18-22/h3-8,10-14,17-18,23H,1-2,9,15-16H2,(H,26,28)/b7-4+. The molecule has 4 rings (SSSR count). The van der Waals surface area contributed by atoms with Gasteiger partial charge in [-0.3, -0.25) is 14.7 Å². The van der Waals surface area contributed by atoms with Gasteiger partial charge < -0.3 is 14.5 Å². The Bertz CT molecular complexity index is 953. The molecule has 154 valence electrons. The van der Waals surface area contributed by atoms with Crippen LogP contribution < -0.4 is 10.1 Å². The highest BCUT2D eigenvalue weighted by Gasteiger charge is 2.27. The molecule has 0 spiro atoms. The Morgan fingerprint density at radius 1 is 1.17 bits per heavy atom. The van der Waals surface area contributed by atoms with Crippen molar-refractivity contribution in [3.63, 3.8) is 0 Å². The van der Waals surface area contributed by atoms with E-state index in [4.69, 9.17) is 9.15 Å². The first-order valence-corrected chi connectivity index (χ1v) is 10.2. The second-order valence-corrected chi connectivity index (χ2v) is 7.23. The maximum Gasteiger partial charge on any atom is 0.241 e. The highest BCUT2D eigenvalue weighted by molar-refractivity contribution is 5.95. The Morgan fingerprint density at radius 2 is 2.07 bits per heavy atom. The number of hydrogen-bond donors (Lipinski definition) is 1. The number of carbonyl (C=O) groups is 1. The average Bonchev–Trinajstić information content (AvgIpc) is 3.30. The van der Waals surface area contributed by atoms with E-state index in [0.717, 1.165) is 43.8 Å². The lowest BCUT2D eigenvalue weighted by Gasteiger charge is -2.33. The number of nitrogens with one attached hydrogen (secondary N) is 1. The molecule has 1 atom stereocenters. The first-order chi connectivity index (χ1) is 14.8. The van der Waals surface area contributed by atoms with Crippen molar-refractivity contribution in [2.45, 2.75) is 25.3 Å². The third kappa shape index (κ3) is 5.36. The zero-order valence-electron chi connectivity index (χ0n) is 16.7. The SMILES string of the molecule is O=C(Nc1ccc(Oc2cccnc2)cc1)C1CCCCN1C/C=C/c1ccco1. The number of anilines is 1. The van der Waals surface area contributed by atoms with Gasteiger partial charge in [-0.25, -0.2) is 0 Å². The van der Waals surface area contributed by atoms with Crippen LogP contribution in [0.4, 0.5) is 5.69 Å². The summed E-state index contributed by atoms with van der Waals surface area (Å²) < 4.78 is 11.1. The minimum atomic E-state index is -0.133. The van der Waals surface area contributed by atoms with E-state index >= 15 is 0 Å². The third-order valence-corrected chi connectivity index (χ3v) is 5.07. The van der Waals surface area contributed by atoms with E-state index in [1.807, 2.05) is 54.6 Å². The smallest absolute Gasteiger partial charge is 0.241 e. The molecule has 3 heterocycles. The quantitative estimate of drug-likeness (QED) is 0.603. The Morgan fingerprint density at radius 3 is 2.83 bits per heavy atom. The van der Waals surface area contributed by atoms with Crippen LogP contribution in [0.3, 0.4) is 0 Å². The number of carbonyl (C=O) groups excluding carboxylic acids is 1. The van der Waals surface area contributed by atoms with Gasteiger partial charge >= 0.3 is 0 Å². The molecule has 2 aromatic heterocycles. The molecule has 1 saturated heterocycles. The Hall–Kier alpha value is -3.38. The lowest BCUT2D eigenvalue weighted by atomic mass is 10.0. The van der Waals surface area contributed by atoms with Crippen molar-refractivity contribution in [1.29, 1.82) is 0 Å². The summed E-state index contributed by atoms with van der Waals surface area (Å²) >= 11 is 0. The summed E-state index contributed by atoms with van der Waals surface area (Å²) in [5.41, 5.74) is 0.759. The van der Waals surface area contributed by atoms with Crippen molar-refractivity contribution in [3.05, 3.63) is 79.0 Å². The van der Waals surface area contributed by atoms with Crippen LogP contribution in [-0.4, -0.2) is 34.9 Å². The molecule has 1 aliphatic heterocycles. The lowest BCUT2D eigenvalue weighted by molar-refractivity contribution is -0.122. The molecular formula is C24H25N3O3. The number of nitrogens with zero attached hydrogens (tertiary/aromatic N) is 2. The van der Waals surface area contributed by atoms with E-state index in [0.29, 0.717) is 11.5 Å². The van der Waals surface area contributed by atoms with Crippen LogP contribution in [0.1, 0.15) is 25.0 Å². The van der Waals surface area contributed by atoms with E-state index in [2.05, 4.69) is 21.3 Å². The molecule has 1 aliphatic rings. The molecule has 1 N–H and O–H groups in total. The minimum Gasteiger partial charge on any atom is -0.465 e. The molecule has 30 heavy (non-hydrogen) atoms. The number of piperidine rings is 1. The van der Waals surface area contributed by atoms with Gasteiger partial charge in [0.25, 0.3) is 0 Å². The summed E-state index contributed by atoms with van der Waals surface area (Å²) in [6.45, 7) is 1.63. The van der Waals surface area contributed by atoms with Crippen molar-refractivity contribution in [2.75, 3.05) is 18.4 Å². The second-order valence-electron chi connectivity index (χ2n) is 7.23. The molecule has 0 saturated carbocycles. The molecule has 1 unspecified atom stereocenters. The second kappa shape index (κ2) is 9.89. The average molecular weight is 403 g/mol. The number of hydrogen-bond acceptors (Lipinski definition) is 5. The van der Waals surface area contributed by atoms with Crippen molar-refractivity contribution >= 4 is 17.7 Å². The van der Waals surface area contributed by atoms with Crippen LogP contribution in [0, 0.1) is 0 Å². The maximum absolute atomic E-state index is 12.9. The number of benzene rings is 1. The normalized spacial score (nSPS) is 17.1. The summed E-state index contributed by atoms with van der Waals surface area (Å²) in [7, 11) is 0. The van der Waals surface area contributed by atoms with E-state index in [9.17, 15) is 4.79 Å². The van der Waals surface area contributed by atoms with Gasteiger partial charge in [0.2, 0.25) is 5.91 Å². The fourth-order valence-corrected chi connectivity index (χ4v) is 3.57. The molecule has 0 aliphatic carbocycles. The molecule has 0 bridgehead atoms. The number of amides is 1. The minimum absolute atomic E-state index is 0.0297. The Kier molecular flexibility index (Phi) is 6.57. The first-order valence-electron chi connectivity index (χ1n) is 10.2. The predicted molar refractivity (Wildman–Crippen MR) is 116 cm³/mol. The van der Waals surface area contributed by atoms with Gasteiger partial charge in [-0.2, -0.15) is 0 Å². The monoisotopic (exact) mass is 403 g/mol. The number of pyridine rings is 1. The van der Waals surface area contributed by atoms with Gasteiger partial charge in [0, 0.05) is 18.4 Å². The Balaban J connectivity index is 1.34. The molecule has 6 nitrogen and oxygen atoms in total. The fourth-order valence-electron chi connectivity index (χ4n) is 3.57. The van der Waals surface area contributed by atoms with Crippen molar-refractivity contribution in [3.8, 4) is 11.5 Å². The maximum atomic E-state index is 12.9.